The molecule has 0 radical (unpaired) electrons. The first-order valence-electron chi connectivity index (χ1n) is 10.3. The van der Waals surface area contributed by atoms with Crippen molar-refractivity contribution in [1.29, 1.82) is 0 Å². The van der Waals surface area contributed by atoms with E-state index in [-0.39, 0.29) is 5.97 Å². The molecule has 0 aliphatic carbocycles. The van der Waals surface area contributed by atoms with Crippen LogP contribution in [-0.4, -0.2) is 31.2 Å². The van der Waals surface area contributed by atoms with E-state index >= 15 is 0 Å². The molecule has 0 spiro atoms. The van der Waals surface area contributed by atoms with Crippen molar-refractivity contribution >= 4 is 39.3 Å². The molecule has 4 rings (SSSR count). The third-order valence-corrected chi connectivity index (χ3v) is 5.76. The molecule has 3 aromatic carbocycles. The number of methoxy groups -OCH3 is 1. The number of fused-ring (bicyclic) bond motifs is 1. The number of aromatic nitrogens is 1. The summed E-state index contributed by atoms with van der Waals surface area (Å²) in [4.78, 5) is 16.0. The second kappa shape index (κ2) is 10.6. The van der Waals surface area contributed by atoms with Gasteiger partial charge in [0.05, 0.1) is 19.3 Å². The summed E-state index contributed by atoms with van der Waals surface area (Å²) in [5, 5.41) is 8.47. The van der Waals surface area contributed by atoms with Crippen molar-refractivity contribution in [2.75, 3.05) is 25.6 Å². The van der Waals surface area contributed by atoms with Gasteiger partial charge in [0.15, 0.2) is 5.13 Å². The van der Waals surface area contributed by atoms with Gasteiger partial charge in [-0.3, -0.25) is 0 Å². The van der Waals surface area contributed by atoms with Crippen molar-refractivity contribution in [2.45, 2.75) is 6.42 Å². The van der Waals surface area contributed by atoms with Gasteiger partial charge in [-0.25, -0.2) is 9.78 Å². The molecule has 0 saturated heterocycles. The van der Waals surface area contributed by atoms with E-state index in [2.05, 4.69) is 34.6 Å². The Bertz CT molecular complexity index is 1200. The lowest BCUT2D eigenvalue weighted by Gasteiger charge is -2.12. The molecule has 0 aliphatic heterocycles. The van der Waals surface area contributed by atoms with Crippen molar-refractivity contribution in [3.63, 3.8) is 0 Å². The van der Waals surface area contributed by atoms with E-state index in [0.717, 1.165) is 33.6 Å². The number of benzene rings is 3. The molecule has 1 N–H and O–H groups in total. The van der Waals surface area contributed by atoms with Crippen LogP contribution in [0.3, 0.4) is 0 Å². The van der Waals surface area contributed by atoms with E-state index < -0.39 is 0 Å². The summed E-state index contributed by atoms with van der Waals surface area (Å²) < 4.78 is 10.9. The van der Waals surface area contributed by atoms with Crippen molar-refractivity contribution in [3.05, 3.63) is 95.0 Å². The maximum Gasteiger partial charge on any atom is 0.337 e. The third kappa shape index (κ3) is 5.53. The second-order valence-corrected chi connectivity index (χ2v) is 8.08. The zero-order valence-corrected chi connectivity index (χ0v) is 18.6. The molecular formula is C26H24N2O3S. The van der Waals surface area contributed by atoms with Crippen LogP contribution in [0.25, 0.3) is 16.8 Å². The molecule has 0 aliphatic rings. The highest BCUT2D eigenvalue weighted by Crippen LogP contribution is 2.25. The number of anilines is 1. The molecule has 0 amide bonds. The van der Waals surface area contributed by atoms with Crippen molar-refractivity contribution < 1.29 is 14.3 Å². The Morgan fingerprint density at radius 3 is 2.66 bits per heavy atom. The van der Waals surface area contributed by atoms with E-state index in [4.69, 9.17) is 9.47 Å². The number of nitrogens with one attached hydrogen (secondary N) is 1. The maximum atomic E-state index is 11.7. The van der Waals surface area contributed by atoms with Gasteiger partial charge in [-0.1, -0.05) is 54.6 Å². The van der Waals surface area contributed by atoms with Crippen LogP contribution in [0.5, 0.6) is 5.75 Å². The van der Waals surface area contributed by atoms with Gasteiger partial charge in [-0.15, -0.1) is 11.3 Å². The number of carbonyl (C=O) groups excluding carboxylic acids is 1. The van der Waals surface area contributed by atoms with Crippen LogP contribution in [0, 0.1) is 0 Å². The minimum Gasteiger partial charge on any atom is -0.493 e. The number of hydrogen-bond acceptors (Lipinski definition) is 6. The summed E-state index contributed by atoms with van der Waals surface area (Å²) in [5.74, 6) is 0.549. The molecule has 5 nitrogen and oxygen atoms in total. The van der Waals surface area contributed by atoms with Crippen LogP contribution in [0.1, 0.15) is 22.3 Å². The fourth-order valence-corrected chi connectivity index (χ4v) is 3.92. The Balaban J connectivity index is 1.47. The quantitative estimate of drug-likeness (QED) is 0.319. The van der Waals surface area contributed by atoms with Gasteiger partial charge in [0.25, 0.3) is 0 Å². The molecule has 0 fully saturated rings. The van der Waals surface area contributed by atoms with Crippen LogP contribution in [0.2, 0.25) is 0 Å². The average molecular weight is 445 g/mol. The Kier molecular flexibility index (Phi) is 7.15. The minimum atomic E-state index is -0.338. The fraction of sp³-hybridized carbons (Fsp3) is 0.154. The highest BCUT2D eigenvalue weighted by molar-refractivity contribution is 7.13. The van der Waals surface area contributed by atoms with Gasteiger partial charge in [0.1, 0.15) is 5.75 Å². The van der Waals surface area contributed by atoms with E-state index in [1.807, 2.05) is 41.8 Å². The third-order valence-electron chi connectivity index (χ3n) is 5.03. The van der Waals surface area contributed by atoms with Gasteiger partial charge < -0.3 is 14.8 Å². The Morgan fingerprint density at radius 2 is 1.88 bits per heavy atom. The van der Waals surface area contributed by atoms with Crippen LogP contribution in [0.4, 0.5) is 5.13 Å². The van der Waals surface area contributed by atoms with Crippen molar-refractivity contribution in [3.8, 4) is 5.75 Å². The standard InChI is InChI=1S/C26H24N2O3S/c1-30-25(29)22-11-9-19(10-12-22)17-20(18-28-26-27-14-16-32-26)13-15-31-24-8-4-6-21-5-2-3-7-23(21)24/h2-12,14,16-17H,13,15,18H2,1H3,(H,27,28). The molecule has 0 unspecified atom stereocenters. The highest BCUT2D eigenvalue weighted by atomic mass is 32.1. The summed E-state index contributed by atoms with van der Waals surface area (Å²) in [6.07, 6.45) is 4.65. The number of ether oxygens (including phenoxy) is 2. The van der Waals surface area contributed by atoms with Gasteiger partial charge in [-0.2, -0.15) is 0 Å². The molecule has 0 saturated carbocycles. The lowest BCUT2D eigenvalue weighted by molar-refractivity contribution is 0.0600. The molecule has 6 heteroatoms. The minimum absolute atomic E-state index is 0.338. The Labute approximate surface area is 191 Å². The lowest BCUT2D eigenvalue weighted by atomic mass is 10.1. The lowest BCUT2D eigenvalue weighted by Crippen LogP contribution is -2.08. The zero-order chi connectivity index (χ0) is 22.2. The molecule has 0 bridgehead atoms. The van der Waals surface area contributed by atoms with Crippen molar-refractivity contribution in [2.24, 2.45) is 0 Å². The average Bonchev–Trinajstić information content (AvgIpc) is 3.36. The number of nitrogens with zero attached hydrogens (tertiary/aromatic N) is 1. The summed E-state index contributed by atoms with van der Waals surface area (Å²) in [7, 11) is 1.38. The molecular weight excluding hydrogens is 420 g/mol. The SMILES string of the molecule is COC(=O)c1ccc(C=C(CCOc2cccc3ccccc23)CNc2nccs2)cc1. The first-order chi connectivity index (χ1) is 15.7. The number of thiazole rings is 1. The molecule has 0 atom stereocenters. The monoisotopic (exact) mass is 444 g/mol. The Morgan fingerprint density at radius 1 is 1.06 bits per heavy atom. The molecule has 162 valence electrons. The largest absolute Gasteiger partial charge is 0.493 e. The van der Waals surface area contributed by atoms with E-state index in [9.17, 15) is 4.79 Å². The van der Waals surface area contributed by atoms with E-state index in [0.29, 0.717) is 18.7 Å². The van der Waals surface area contributed by atoms with Crippen molar-refractivity contribution in [1.82, 2.24) is 4.98 Å². The first kappa shape index (κ1) is 21.6. The highest BCUT2D eigenvalue weighted by Gasteiger charge is 2.06. The van der Waals surface area contributed by atoms with Gasteiger partial charge in [-0.05, 0) is 34.7 Å². The molecule has 32 heavy (non-hydrogen) atoms. The Hall–Kier alpha value is -3.64. The maximum absolute atomic E-state index is 11.7. The van der Waals surface area contributed by atoms with Gasteiger partial charge in [0.2, 0.25) is 0 Å². The van der Waals surface area contributed by atoms with E-state index in [1.54, 1.807) is 29.7 Å². The molecule has 1 heterocycles. The fourth-order valence-electron chi connectivity index (χ4n) is 3.39. The van der Waals surface area contributed by atoms with Crippen LogP contribution in [-0.2, 0) is 4.74 Å². The molecule has 1 aromatic heterocycles. The normalized spacial score (nSPS) is 11.3. The number of rotatable bonds is 9. The van der Waals surface area contributed by atoms with Gasteiger partial charge in [0, 0.05) is 29.9 Å². The molecule has 4 aromatic rings. The summed E-state index contributed by atoms with van der Waals surface area (Å²) in [5.41, 5.74) is 2.72. The number of esters is 1. The first-order valence-corrected chi connectivity index (χ1v) is 11.2. The summed E-state index contributed by atoms with van der Waals surface area (Å²) >= 11 is 1.57. The zero-order valence-electron chi connectivity index (χ0n) is 17.8. The summed E-state index contributed by atoms with van der Waals surface area (Å²) in [6.45, 7) is 1.21. The topological polar surface area (TPSA) is 60.5 Å². The predicted molar refractivity (Wildman–Crippen MR) is 130 cm³/mol. The van der Waals surface area contributed by atoms with Crippen LogP contribution in [0.15, 0.2) is 83.9 Å². The van der Waals surface area contributed by atoms with Gasteiger partial charge >= 0.3 is 5.97 Å². The smallest absolute Gasteiger partial charge is 0.337 e. The second-order valence-electron chi connectivity index (χ2n) is 7.18. The number of carbonyl (C=O) groups is 1. The van der Waals surface area contributed by atoms with Crippen LogP contribution >= 0.6 is 11.3 Å². The number of hydrogen-bond donors (Lipinski definition) is 1. The van der Waals surface area contributed by atoms with E-state index in [1.165, 1.54) is 12.7 Å². The van der Waals surface area contributed by atoms with Crippen LogP contribution < -0.4 is 10.1 Å². The predicted octanol–water partition coefficient (Wildman–Crippen LogP) is 6.05. The summed E-state index contributed by atoms with van der Waals surface area (Å²) in [6, 6.07) is 21.7.